The molecule has 0 unspecified atom stereocenters. The Hall–Kier alpha value is -5.74. The van der Waals surface area contributed by atoms with Gasteiger partial charge < -0.3 is 0 Å². The van der Waals surface area contributed by atoms with Gasteiger partial charge in [0.2, 0.25) is 0 Å². The summed E-state index contributed by atoms with van der Waals surface area (Å²) in [7, 11) is 0. The maximum atomic E-state index is 5.02. The molecular formula is C38H24N4. The van der Waals surface area contributed by atoms with Crippen molar-refractivity contribution in [3.63, 3.8) is 0 Å². The number of rotatable bonds is 4. The van der Waals surface area contributed by atoms with Crippen LogP contribution in [0.4, 0.5) is 0 Å². The fourth-order valence-corrected chi connectivity index (χ4v) is 5.50. The zero-order valence-electron chi connectivity index (χ0n) is 22.6. The molecule has 6 aromatic carbocycles. The smallest absolute Gasteiger partial charge is 0.164 e. The Balaban J connectivity index is 1.29. The van der Waals surface area contributed by atoms with Gasteiger partial charge in [-0.05, 0) is 63.0 Å². The van der Waals surface area contributed by atoms with Crippen LogP contribution in [0.3, 0.4) is 0 Å². The van der Waals surface area contributed by atoms with Crippen LogP contribution in [0, 0.1) is 0 Å². The summed E-state index contributed by atoms with van der Waals surface area (Å²) in [5, 5.41) is 5.79. The van der Waals surface area contributed by atoms with Gasteiger partial charge in [-0.15, -0.1) is 0 Å². The Kier molecular flexibility index (Phi) is 5.75. The van der Waals surface area contributed by atoms with E-state index in [1.165, 1.54) is 10.8 Å². The highest BCUT2D eigenvalue weighted by atomic mass is 15.0. The minimum absolute atomic E-state index is 0.636. The molecule has 42 heavy (non-hydrogen) atoms. The van der Waals surface area contributed by atoms with Crippen LogP contribution in [0.1, 0.15) is 0 Å². The lowest BCUT2D eigenvalue weighted by Gasteiger charge is -2.11. The second-order valence-electron chi connectivity index (χ2n) is 10.4. The normalized spacial score (nSPS) is 11.3. The van der Waals surface area contributed by atoms with Crippen LogP contribution < -0.4 is 0 Å². The molecule has 0 atom stereocenters. The molecule has 0 spiro atoms. The molecule has 2 aromatic heterocycles. The minimum Gasteiger partial charge on any atom is -0.256 e. The van der Waals surface area contributed by atoms with Crippen LogP contribution >= 0.6 is 0 Å². The zero-order valence-corrected chi connectivity index (χ0v) is 22.6. The lowest BCUT2D eigenvalue weighted by atomic mass is 10.0. The third-order valence-corrected chi connectivity index (χ3v) is 7.71. The number of aromatic nitrogens is 4. The summed E-state index contributed by atoms with van der Waals surface area (Å²) in [5.41, 5.74) is 5.99. The number of nitrogens with zero attached hydrogens (tertiary/aromatic N) is 4. The van der Waals surface area contributed by atoms with Gasteiger partial charge in [-0.2, -0.15) is 0 Å². The predicted octanol–water partition coefficient (Wildman–Crippen LogP) is 9.39. The average molecular weight is 537 g/mol. The Bertz CT molecular complexity index is 2170. The van der Waals surface area contributed by atoms with Crippen LogP contribution in [0.5, 0.6) is 0 Å². The van der Waals surface area contributed by atoms with E-state index in [9.17, 15) is 0 Å². The van der Waals surface area contributed by atoms with Gasteiger partial charge in [0.05, 0.1) is 5.52 Å². The van der Waals surface area contributed by atoms with Crippen molar-refractivity contribution >= 4 is 32.4 Å². The van der Waals surface area contributed by atoms with Crippen LogP contribution in [-0.4, -0.2) is 19.9 Å². The zero-order chi connectivity index (χ0) is 27.9. The third kappa shape index (κ3) is 4.45. The van der Waals surface area contributed by atoms with E-state index in [2.05, 4.69) is 138 Å². The van der Waals surface area contributed by atoms with Gasteiger partial charge in [-0.3, -0.25) is 4.98 Å². The first kappa shape index (κ1) is 24.1. The molecule has 0 N–H and O–H groups in total. The predicted molar refractivity (Wildman–Crippen MR) is 172 cm³/mol. The van der Waals surface area contributed by atoms with Gasteiger partial charge in [0.15, 0.2) is 17.5 Å². The van der Waals surface area contributed by atoms with Gasteiger partial charge in [0.1, 0.15) is 0 Å². The lowest BCUT2D eigenvalue weighted by Crippen LogP contribution is -2.00. The number of pyridine rings is 1. The van der Waals surface area contributed by atoms with Crippen LogP contribution in [0.15, 0.2) is 146 Å². The summed E-state index contributed by atoms with van der Waals surface area (Å²) >= 11 is 0. The van der Waals surface area contributed by atoms with E-state index in [4.69, 9.17) is 15.0 Å². The number of hydrogen-bond donors (Lipinski definition) is 0. The van der Waals surface area contributed by atoms with Crippen molar-refractivity contribution in [3.8, 4) is 45.3 Å². The summed E-state index contributed by atoms with van der Waals surface area (Å²) < 4.78 is 0. The van der Waals surface area contributed by atoms with E-state index in [-0.39, 0.29) is 0 Å². The Morgan fingerprint density at radius 3 is 1.43 bits per heavy atom. The molecule has 0 saturated heterocycles. The Morgan fingerprint density at radius 2 is 0.786 bits per heavy atom. The second-order valence-corrected chi connectivity index (χ2v) is 10.4. The standard InChI is InChI=1S/C38H24N4/c1-3-9-28-21-33(18-14-25(28)7-1)37-40-36(41-38(42-37)34-19-15-26-8-2-4-10-29(26)22-34)32-12-5-11-30(23-32)31-17-16-27-13-6-20-39-35(27)24-31/h1-24H. The van der Waals surface area contributed by atoms with E-state index in [0.29, 0.717) is 17.5 Å². The minimum atomic E-state index is 0.636. The number of benzene rings is 6. The molecule has 0 aliphatic rings. The molecule has 4 nitrogen and oxygen atoms in total. The maximum Gasteiger partial charge on any atom is 0.164 e. The largest absolute Gasteiger partial charge is 0.256 e. The van der Waals surface area contributed by atoms with Crippen LogP contribution in [0.25, 0.3) is 77.7 Å². The highest BCUT2D eigenvalue weighted by Crippen LogP contribution is 2.31. The lowest BCUT2D eigenvalue weighted by molar-refractivity contribution is 1.08. The average Bonchev–Trinajstić information content (AvgIpc) is 3.07. The van der Waals surface area contributed by atoms with Gasteiger partial charge in [-0.25, -0.2) is 15.0 Å². The van der Waals surface area contributed by atoms with E-state index in [0.717, 1.165) is 49.5 Å². The van der Waals surface area contributed by atoms with Crippen molar-refractivity contribution in [2.24, 2.45) is 0 Å². The molecule has 0 radical (unpaired) electrons. The number of fused-ring (bicyclic) bond motifs is 3. The van der Waals surface area contributed by atoms with Crippen LogP contribution in [0.2, 0.25) is 0 Å². The maximum absolute atomic E-state index is 5.02. The fourth-order valence-electron chi connectivity index (χ4n) is 5.50. The van der Waals surface area contributed by atoms with Crippen molar-refractivity contribution in [3.05, 3.63) is 146 Å². The van der Waals surface area contributed by atoms with E-state index in [1.54, 1.807) is 0 Å². The number of hydrogen-bond acceptors (Lipinski definition) is 4. The Labute approximate surface area is 243 Å². The molecule has 2 heterocycles. The summed E-state index contributed by atoms with van der Waals surface area (Å²) in [6.45, 7) is 0. The highest BCUT2D eigenvalue weighted by molar-refractivity contribution is 5.89. The topological polar surface area (TPSA) is 51.6 Å². The summed E-state index contributed by atoms with van der Waals surface area (Å²) in [6.07, 6.45) is 1.83. The molecule has 0 aliphatic carbocycles. The van der Waals surface area contributed by atoms with Crippen molar-refractivity contribution in [1.82, 2.24) is 19.9 Å². The van der Waals surface area contributed by atoms with Gasteiger partial charge in [0.25, 0.3) is 0 Å². The molecule has 196 valence electrons. The van der Waals surface area contributed by atoms with E-state index >= 15 is 0 Å². The van der Waals surface area contributed by atoms with Gasteiger partial charge in [0, 0.05) is 28.3 Å². The molecule has 0 amide bonds. The first-order valence-corrected chi connectivity index (χ1v) is 14.0. The van der Waals surface area contributed by atoms with Crippen LogP contribution in [-0.2, 0) is 0 Å². The quantitative estimate of drug-likeness (QED) is 0.225. The molecule has 8 aromatic rings. The molecular weight excluding hydrogens is 512 g/mol. The molecule has 8 rings (SSSR count). The third-order valence-electron chi connectivity index (χ3n) is 7.71. The molecule has 4 heteroatoms. The van der Waals surface area contributed by atoms with Gasteiger partial charge in [-0.1, -0.05) is 109 Å². The molecule has 0 saturated carbocycles. The fraction of sp³-hybridized carbons (Fsp3) is 0. The van der Waals surface area contributed by atoms with Crippen molar-refractivity contribution in [2.75, 3.05) is 0 Å². The van der Waals surface area contributed by atoms with E-state index in [1.807, 2.05) is 12.3 Å². The van der Waals surface area contributed by atoms with Gasteiger partial charge >= 0.3 is 0 Å². The van der Waals surface area contributed by atoms with Crippen molar-refractivity contribution in [1.29, 1.82) is 0 Å². The van der Waals surface area contributed by atoms with Crippen molar-refractivity contribution in [2.45, 2.75) is 0 Å². The first-order valence-electron chi connectivity index (χ1n) is 14.0. The first-order chi connectivity index (χ1) is 20.8. The van der Waals surface area contributed by atoms with Crippen molar-refractivity contribution < 1.29 is 0 Å². The Morgan fingerprint density at radius 1 is 0.310 bits per heavy atom. The summed E-state index contributed by atoms with van der Waals surface area (Å²) in [6, 6.07) is 48.2. The molecule has 0 fully saturated rings. The summed E-state index contributed by atoms with van der Waals surface area (Å²) in [4.78, 5) is 19.6. The molecule has 0 aliphatic heterocycles. The highest BCUT2D eigenvalue weighted by Gasteiger charge is 2.14. The SMILES string of the molecule is c1cc(-c2ccc3cccnc3c2)cc(-c2nc(-c3ccc4ccccc4c3)nc(-c3ccc4ccccc4c3)n2)c1. The monoisotopic (exact) mass is 536 g/mol. The second kappa shape index (κ2) is 10.0. The molecule has 0 bridgehead atoms. The summed E-state index contributed by atoms with van der Waals surface area (Å²) in [5.74, 6) is 1.93. The van der Waals surface area contributed by atoms with E-state index < -0.39 is 0 Å².